The van der Waals surface area contributed by atoms with E-state index in [9.17, 15) is 4.79 Å². The highest BCUT2D eigenvalue weighted by atomic mass is 79.9. The van der Waals surface area contributed by atoms with Crippen molar-refractivity contribution in [3.8, 4) is 0 Å². The fraction of sp³-hybridized carbons (Fsp3) is 0.533. The van der Waals surface area contributed by atoms with Gasteiger partial charge in [0.05, 0.1) is 18.7 Å². The van der Waals surface area contributed by atoms with E-state index < -0.39 is 0 Å². The number of benzene rings is 1. The number of rotatable bonds is 4. The summed E-state index contributed by atoms with van der Waals surface area (Å²) in [5.41, 5.74) is 0.606. The number of hydrogen-bond acceptors (Lipinski definition) is 2. The van der Waals surface area contributed by atoms with Crippen molar-refractivity contribution in [2.75, 3.05) is 19.6 Å². The topological polar surface area (TPSA) is 30.7 Å². The molecule has 1 aliphatic rings. The van der Waals surface area contributed by atoms with Gasteiger partial charge in [-0.25, -0.2) is 4.79 Å². The van der Waals surface area contributed by atoms with Crippen LogP contribution in [0.2, 0.25) is 0 Å². The Morgan fingerprint density at radius 1 is 1.35 bits per heavy atom. The number of esters is 1. The molecule has 1 saturated heterocycles. The average Bonchev–Trinajstić information content (AvgIpc) is 2.39. The third kappa shape index (κ3) is 5.43. The molecule has 0 radical (unpaired) electrons. The maximum absolute atomic E-state index is 12.0. The largest absolute Gasteiger partial charge is 1.00 e. The van der Waals surface area contributed by atoms with Crippen molar-refractivity contribution >= 4 is 21.9 Å². The minimum atomic E-state index is -0.231. The molecule has 0 amide bonds. The Morgan fingerprint density at radius 3 is 2.70 bits per heavy atom. The summed E-state index contributed by atoms with van der Waals surface area (Å²) < 4.78 is 6.41. The first-order chi connectivity index (χ1) is 9.15. The number of nitrogens with one attached hydrogen (secondary N) is 1. The molecule has 0 aromatic heterocycles. The molecule has 0 aliphatic carbocycles. The van der Waals surface area contributed by atoms with E-state index in [1.54, 1.807) is 17.0 Å². The number of likely N-dealkylation sites (tertiary alicyclic amines) is 1. The molecule has 1 aromatic rings. The number of carbonyl (C=O) groups is 1. The first-order valence-corrected chi connectivity index (χ1v) is 7.74. The van der Waals surface area contributed by atoms with Crippen molar-refractivity contribution in [2.45, 2.75) is 32.3 Å². The zero-order valence-corrected chi connectivity index (χ0v) is 14.0. The van der Waals surface area contributed by atoms with Crippen LogP contribution in [0.25, 0.3) is 0 Å². The maximum atomic E-state index is 12.0. The lowest BCUT2D eigenvalue weighted by atomic mass is 10.1. The van der Waals surface area contributed by atoms with Gasteiger partial charge in [0.25, 0.3) is 0 Å². The van der Waals surface area contributed by atoms with Crippen LogP contribution < -0.4 is 17.3 Å². The van der Waals surface area contributed by atoms with Gasteiger partial charge in [-0.15, -0.1) is 0 Å². The van der Waals surface area contributed by atoms with E-state index in [1.807, 2.05) is 19.1 Å². The van der Waals surface area contributed by atoms with Crippen molar-refractivity contribution in [3.05, 3.63) is 34.3 Å². The van der Waals surface area contributed by atoms with Crippen LogP contribution in [-0.2, 0) is 4.74 Å². The maximum Gasteiger partial charge on any atom is 0.338 e. The van der Waals surface area contributed by atoms with E-state index in [-0.39, 0.29) is 24.5 Å². The van der Waals surface area contributed by atoms with Crippen LogP contribution in [0, 0.1) is 0 Å². The van der Waals surface area contributed by atoms with Crippen molar-refractivity contribution in [1.29, 1.82) is 0 Å². The van der Waals surface area contributed by atoms with Gasteiger partial charge in [-0.05, 0) is 44.4 Å². The van der Waals surface area contributed by atoms with Crippen LogP contribution in [0.3, 0.4) is 0 Å². The van der Waals surface area contributed by atoms with E-state index in [1.165, 1.54) is 32.4 Å². The summed E-state index contributed by atoms with van der Waals surface area (Å²) in [6.07, 6.45) is 3.90. The van der Waals surface area contributed by atoms with Gasteiger partial charge in [0.15, 0.2) is 0 Å². The van der Waals surface area contributed by atoms with E-state index in [2.05, 4.69) is 15.9 Å². The summed E-state index contributed by atoms with van der Waals surface area (Å²) in [6.45, 7) is 5.31. The van der Waals surface area contributed by atoms with E-state index in [0.29, 0.717) is 5.56 Å². The predicted octanol–water partition coefficient (Wildman–Crippen LogP) is -0.933. The highest BCUT2D eigenvalue weighted by Crippen LogP contribution is 2.13. The van der Waals surface area contributed by atoms with Crippen molar-refractivity contribution in [1.82, 2.24) is 0 Å². The van der Waals surface area contributed by atoms with Gasteiger partial charge in [0.2, 0.25) is 0 Å². The highest BCUT2D eigenvalue weighted by Gasteiger charge is 2.19. The molecule has 2 rings (SSSR count). The summed E-state index contributed by atoms with van der Waals surface area (Å²) in [5.74, 6) is -0.231. The molecule has 1 N–H and O–H groups in total. The van der Waals surface area contributed by atoms with Crippen molar-refractivity contribution in [2.24, 2.45) is 0 Å². The third-order valence-corrected chi connectivity index (χ3v) is 4.00. The second kappa shape index (κ2) is 8.65. The van der Waals surface area contributed by atoms with Crippen LogP contribution >= 0.6 is 15.9 Å². The lowest BCUT2D eigenvalue weighted by molar-refractivity contribution is -0.907. The van der Waals surface area contributed by atoms with E-state index >= 15 is 0 Å². The van der Waals surface area contributed by atoms with Gasteiger partial charge in [0.1, 0.15) is 12.6 Å². The quantitative estimate of drug-likeness (QED) is 0.702. The zero-order valence-electron chi connectivity index (χ0n) is 11.7. The summed E-state index contributed by atoms with van der Waals surface area (Å²) in [5, 5.41) is 0. The summed E-state index contributed by atoms with van der Waals surface area (Å²) >= 11 is 3.36. The Labute approximate surface area is 135 Å². The predicted molar refractivity (Wildman–Crippen MR) is 78.4 cm³/mol. The molecule has 5 heteroatoms. The Kier molecular flexibility index (Phi) is 7.56. The molecular formula is C15H21BrClNO2. The Balaban J connectivity index is 0.00000200. The van der Waals surface area contributed by atoms with Crippen LogP contribution in [-0.4, -0.2) is 31.7 Å². The van der Waals surface area contributed by atoms with Crippen molar-refractivity contribution < 1.29 is 26.8 Å². The number of quaternary nitrogens is 1. The summed E-state index contributed by atoms with van der Waals surface area (Å²) in [6, 6.07) is 7.33. The molecule has 20 heavy (non-hydrogen) atoms. The molecule has 0 saturated carbocycles. The molecule has 1 unspecified atom stereocenters. The molecule has 1 heterocycles. The van der Waals surface area contributed by atoms with Gasteiger partial charge in [-0.3, -0.25) is 0 Å². The number of halogens is 2. The molecule has 0 bridgehead atoms. The lowest BCUT2D eigenvalue weighted by Gasteiger charge is -2.26. The van der Waals surface area contributed by atoms with Gasteiger partial charge in [0, 0.05) is 4.47 Å². The highest BCUT2D eigenvalue weighted by molar-refractivity contribution is 9.10. The summed E-state index contributed by atoms with van der Waals surface area (Å²) in [7, 11) is 0. The normalized spacial score (nSPS) is 17.1. The number of ether oxygens (including phenoxy) is 1. The molecule has 0 spiro atoms. The second-order valence-corrected chi connectivity index (χ2v) is 6.16. The molecule has 3 nitrogen and oxygen atoms in total. The monoisotopic (exact) mass is 361 g/mol. The van der Waals surface area contributed by atoms with Crippen LogP contribution in [0.5, 0.6) is 0 Å². The first-order valence-electron chi connectivity index (χ1n) is 6.95. The Morgan fingerprint density at radius 2 is 2.05 bits per heavy atom. The number of carbonyl (C=O) groups excluding carboxylic acids is 1. The fourth-order valence-electron chi connectivity index (χ4n) is 2.57. The molecular weight excluding hydrogens is 342 g/mol. The standard InChI is InChI=1S/C15H20BrNO2.ClH/c1-12(11-17-8-3-2-4-9-17)19-15(18)13-6-5-7-14(16)10-13;/h5-7,10,12H,2-4,8-9,11H2,1H3;1H. The number of hydrogen-bond donors (Lipinski definition) is 1. The van der Waals surface area contributed by atoms with E-state index in [4.69, 9.17) is 4.74 Å². The SMILES string of the molecule is CC(C[NH+]1CCCCC1)OC(=O)c1cccc(Br)c1.[Cl-]. The average molecular weight is 363 g/mol. The molecule has 1 aliphatic heterocycles. The number of piperidine rings is 1. The van der Waals surface area contributed by atoms with Gasteiger partial charge >= 0.3 is 5.97 Å². The zero-order chi connectivity index (χ0) is 13.7. The lowest BCUT2D eigenvalue weighted by Crippen LogP contribution is -3.13. The van der Waals surface area contributed by atoms with Gasteiger partial charge in [-0.1, -0.05) is 22.0 Å². The van der Waals surface area contributed by atoms with E-state index in [0.717, 1.165) is 11.0 Å². The third-order valence-electron chi connectivity index (χ3n) is 3.51. The minimum absolute atomic E-state index is 0. The second-order valence-electron chi connectivity index (χ2n) is 5.24. The molecule has 1 aromatic carbocycles. The minimum Gasteiger partial charge on any atom is -1.00 e. The Bertz CT molecular complexity index is 436. The first kappa shape index (κ1) is 17.5. The van der Waals surface area contributed by atoms with Crippen molar-refractivity contribution in [3.63, 3.8) is 0 Å². The molecule has 1 atom stereocenters. The Hall–Kier alpha value is -0.580. The van der Waals surface area contributed by atoms with Gasteiger partial charge in [-0.2, -0.15) is 0 Å². The molecule has 112 valence electrons. The van der Waals surface area contributed by atoms with Crippen LogP contribution in [0.15, 0.2) is 28.7 Å². The summed E-state index contributed by atoms with van der Waals surface area (Å²) in [4.78, 5) is 13.6. The van der Waals surface area contributed by atoms with Crippen LogP contribution in [0.1, 0.15) is 36.5 Å². The smallest absolute Gasteiger partial charge is 0.338 e. The van der Waals surface area contributed by atoms with Gasteiger partial charge < -0.3 is 22.0 Å². The fourth-order valence-corrected chi connectivity index (χ4v) is 2.97. The van der Waals surface area contributed by atoms with Crippen LogP contribution in [0.4, 0.5) is 0 Å². The molecule has 1 fully saturated rings.